The molecule has 504 valence electrons. The van der Waals surface area contributed by atoms with Crippen LogP contribution in [0.4, 0.5) is 0 Å². The van der Waals surface area contributed by atoms with Gasteiger partial charge in [-0.25, -0.2) is 9.13 Å². The molecule has 0 amide bonds. The zero-order valence-corrected chi connectivity index (χ0v) is 57.0. The molecule has 3 N–H and O–H groups in total. The number of rotatable bonds is 63. The number of aliphatic hydroxyl groups is 1. The summed E-state index contributed by atoms with van der Waals surface area (Å²) < 4.78 is 68.0. The van der Waals surface area contributed by atoms with Crippen LogP contribution >= 0.6 is 15.6 Å². The predicted octanol–water partition coefficient (Wildman–Crippen LogP) is 18.1. The van der Waals surface area contributed by atoms with Crippen molar-refractivity contribution in [3.05, 3.63) is 0 Å². The summed E-state index contributed by atoms with van der Waals surface area (Å²) in [4.78, 5) is 72.3. The Morgan fingerprint density at radius 1 is 0.329 bits per heavy atom. The fourth-order valence-corrected chi connectivity index (χ4v) is 11.3. The largest absolute Gasteiger partial charge is 0.472 e. The van der Waals surface area contributed by atoms with Crippen LogP contribution in [-0.4, -0.2) is 96.7 Å². The average Bonchev–Trinajstić information content (AvgIpc) is 3.51. The van der Waals surface area contributed by atoms with E-state index in [4.69, 9.17) is 37.0 Å². The van der Waals surface area contributed by atoms with Gasteiger partial charge in [0.05, 0.1) is 26.4 Å². The molecule has 0 heterocycles. The second-order valence-electron chi connectivity index (χ2n) is 25.5. The maximum absolute atomic E-state index is 13.0. The Labute approximate surface area is 517 Å². The lowest BCUT2D eigenvalue weighted by Gasteiger charge is -2.21. The molecule has 6 atom stereocenters. The van der Waals surface area contributed by atoms with Crippen molar-refractivity contribution in [3.8, 4) is 0 Å². The van der Waals surface area contributed by atoms with Gasteiger partial charge in [-0.2, -0.15) is 0 Å². The Morgan fingerprint density at radius 2 is 0.565 bits per heavy atom. The summed E-state index contributed by atoms with van der Waals surface area (Å²) in [5.74, 6) is 0.767. The highest BCUT2D eigenvalue weighted by Gasteiger charge is 2.30. The number of ether oxygens (including phenoxy) is 4. The Kier molecular flexibility index (Phi) is 54.8. The third kappa shape index (κ3) is 59.5. The first kappa shape index (κ1) is 83.1. The van der Waals surface area contributed by atoms with E-state index in [1.54, 1.807) is 0 Å². The number of hydrogen-bond acceptors (Lipinski definition) is 15. The molecule has 0 spiro atoms. The van der Waals surface area contributed by atoms with Crippen LogP contribution in [0.5, 0.6) is 0 Å². The molecule has 0 aliphatic rings. The average molecular weight is 1260 g/mol. The Balaban J connectivity index is 5.24. The van der Waals surface area contributed by atoms with Gasteiger partial charge in [0.25, 0.3) is 0 Å². The van der Waals surface area contributed by atoms with Crippen molar-refractivity contribution < 1.29 is 80.2 Å². The SMILES string of the molecule is CCC(C)CCCCCCCCC(=O)OC[C@H](COP(=O)(O)OC[C@H](O)COP(=O)(O)OC[C@@H](COC(=O)CCCCCCCCCCCCCC(C)C)OC(=O)CCCCCCCCCCCC(C)C)OC(=O)CCCCCCCCC(C)C. The lowest BCUT2D eigenvalue weighted by molar-refractivity contribution is -0.161. The molecule has 19 heteroatoms. The first-order valence-corrected chi connectivity index (χ1v) is 37.2. The van der Waals surface area contributed by atoms with Gasteiger partial charge in [0, 0.05) is 25.7 Å². The van der Waals surface area contributed by atoms with Crippen LogP contribution in [0.1, 0.15) is 319 Å². The summed E-state index contributed by atoms with van der Waals surface area (Å²) in [6.07, 6.45) is 36.4. The van der Waals surface area contributed by atoms with Gasteiger partial charge in [0.15, 0.2) is 12.2 Å². The summed E-state index contributed by atoms with van der Waals surface area (Å²) in [5, 5.41) is 10.5. The molecule has 0 radical (unpaired) electrons. The molecule has 0 saturated carbocycles. The molecule has 0 rings (SSSR count). The van der Waals surface area contributed by atoms with Gasteiger partial charge in [0.2, 0.25) is 0 Å². The van der Waals surface area contributed by atoms with Gasteiger partial charge in [-0.1, -0.05) is 267 Å². The first-order valence-electron chi connectivity index (χ1n) is 34.2. The molecular weight excluding hydrogens is 1130 g/mol. The summed E-state index contributed by atoms with van der Waals surface area (Å²) in [6.45, 7) is 14.0. The van der Waals surface area contributed by atoms with Crippen LogP contribution in [0.3, 0.4) is 0 Å². The molecule has 0 aliphatic carbocycles. The van der Waals surface area contributed by atoms with Crippen molar-refractivity contribution >= 4 is 39.5 Å². The number of esters is 4. The molecule has 0 aromatic heterocycles. The van der Waals surface area contributed by atoms with Crippen molar-refractivity contribution in [2.75, 3.05) is 39.6 Å². The Hall–Kier alpha value is -1.94. The maximum Gasteiger partial charge on any atom is 0.472 e. The third-order valence-corrected chi connectivity index (χ3v) is 17.3. The van der Waals surface area contributed by atoms with Crippen molar-refractivity contribution in [3.63, 3.8) is 0 Å². The molecule has 0 fully saturated rings. The quantitative estimate of drug-likeness (QED) is 0.0222. The van der Waals surface area contributed by atoms with Crippen molar-refractivity contribution in [2.45, 2.75) is 337 Å². The zero-order chi connectivity index (χ0) is 63.2. The van der Waals surface area contributed by atoms with Crippen molar-refractivity contribution in [1.82, 2.24) is 0 Å². The monoisotopic (exact) mass is 1250 g/mol. The van der Waals surface area contributed by atoms with Crippen LogP contribution in [0.2, 0.25) is 0 Å². The van der Waals surface area contributed by atoms with E-state index in [-0.39, 0.29) is 25.7 Å². The lowest BCUT2D eigenvalue weighted by atomic mass is 10.00. The minimum Gasteiger partial charge on any atom is -0.462 e. The van der Waals surface area contributed by atoms with Crippen molar-refractivity contribution in [2.24, 2.45) is 23.7 Å². The van der Waals surface area contributed by atoms with E-state index < -0.39 is 97.5 Å². The first-order chi connectivity index (χ1) is 40.6. The summed E-state index contributed by atoms with van der Waals surface area (Å²) in [6, 6.07) is 0. The molecule has 0 bridgehead atoms. The predicted molar refractivity (Wildman–Crippen MR) is 340 cm³/mol. The van der Waals surface area contributed by atoms with E-state index in [1.807, 2.05) is 0 Å². The van der Waals surface area contributed by atoms with Gasteiger partial charge in [-0.3, -0.25) is 37.3 Å². The smallest absolute Gasteiger partial charge is 0.462 e. The second kappa shape index (κ2) is 56.1. The molecule has 17 nitrogen and oxygen atoms in total. The van der Waals surface area contributed by atoms with Gasteiger partial charge in [-0.15, -0.1) is 0 Å². The lowest BCUT2D eigenvalue weighted by Crippen LogP contribution is -2.30. The zero-order valence-electron chi connectivity index (χ0n) is 55.2. The highest BCUT2D eigenvalue weighted by Crippen LogP contribution is 2.45. The van der Waals surface area contributed by atoms with Crippen molar-refractivity contribution in [1.29, 1.82) is 0 Å². The van der Waals surface area contributed by atoms with Gasteiger partial charge >= 0.3 is 39.5 Å². The van der Waals surface area contributed by atoms with E-state index in [0.717, 1.165) is 114 Å². The van der Waals surface area contributed by atoms with Gasteiger partial charge in [0.1, 0.15) is 19.3 Å². The number of carbonyl (C=O) groups excluding carboxylic acids is 4. The normalized spacial score (nSPS) is 14.7. The number of unbranched alkanes of at least 4 members (excludes halogenated alkanes) is 28. The summed E-state index contributed by atoms with van der Waals surface area (Å²) >= 11 is 0. The molecule has 3 unspecified atom stereocenters. The molecule has 85 heavy (non-hydrogen) atoms. The van der Waals surface area contributed by atoms with Crippen LogP contribution in [0.15, 0.2) is 0 Å². The maximum atomic E-state index is 13.0. The number of hydrogen-bond donors (Lipinski definition) is 3. The highest BCUT2D eigenvalue weighted by atomic mass is 31.2. The van der Waals surface area contributed by atoms with E-state index in [9.17, 15) is 43.2 Å². The van der Waals surface area contributed by atoms with Gasteiger partial charge in [-0.05, 0) is 49.4 Å². The molecule has 0 aromatic carbocycles. The second-order valence-corrected chi connectivity index (χ2v) is 28.4. The Morgan fingerprint density at radius 3 is 0.835 bits per heavy atom. The van der Waals surface area contributed by atoms with E-state index >= 15 is 0 Å². The van der Waals surface area contributed by atoms with Crippen LogP contribution in [0.25, 0.3) is 0 Å². The fourth-order valence-electron chi connectivity index (χ4n) is 9.75. The number of phosphoric acid groups is 2. The fraction of sp³-hybridized carbons (Fsp3) is 0.939. The molecular formula is C66H128O17P2. The van der Waals surface area contributed by atoms with Crippen LogP contribution < -0.4 is 0 Å². The number of phosphoric ester groups is 2. The molecule has 0 aromatic rings. The molecule has 0 saturated heterocycles. The van der Waals surface area contributed by atoms with E-state index in [1.165, 1.54) is 116 Å². The minimum absolute atomic E-state index is 0.101. The molecule has 0 aliphatic heterocycles. The third-order valence-electron chi connectivity index (χ3n) is 15.4. The number of aliphatic hydroxyl groups excluding tert-OH is 1. The van der Waals surface area contributed by atoms with Gasteiger partial charge < -0.3 is 33.8 Å². The van der Waals surface area contributed by atoms with E-state index in [2.05, 4.69) is 55.4 Å². The van der Waals surface area contributed by atoms with E-state index in [0.29, 0.717) is 31.6 Å². The Bertz CT molecular complexity index is 1700. The topological polar surface area (TPSA) is 237 Å². The highest BCUT2D eigenvalue weighted by molar-refractivity contribution is 7.47. The summed E-state index contributed by atoms with van der Waals surface area (Å²) in [7, 11) is -9.89. The number of carbonyl (C=O) groups is 4. The van der Waals surface area contributed by atoms with Crippen LogP contribution in [-0.2, 0) is 65.4 Å². The standard InChI is InChI=1S/C66H128O17P2/c1-9-59(8)45-37-29-23-25-31-39-47-64(69)77-53-62(83-66(71)49-41-33-24-22-28-36-44-58(6)7)55-81-85(74,75)79-51-60(67)50-78-84(72,73)80-54-61(82-65(70)48-40-32-21-17-13-15-19-27-35-43-57(4)5)52-76-63(68)46-38-30-20-16-12-10-11-14-18-26-34-42-56(2)3/h56-62,67H,9-55H2,1-8H3,(H,72,73)(H,74,75)/t59?,60-,61-,62-/m1/s1. The van der Waals surface area contributed by atoms with Crippen LogP contribution in [0, 0.1) is 23.7 Å². The summed E-state index contributed by atoms with van der Waals surface area (Å²) in [5.41, 5.74) is 0. The minimum atomic E-state index is -4.95.